The number of hydrogen-bond donors (Lipinski definition) is 1. The number of aryl methyl sites for hydroxylation is 1. The molecule has 1 atom stereocenters. The van der Waals surface area contributed by atoms with Gasteiger partial charge in [-0.1, -0.05) is 0 Å². The Morgan fingerprint density at radius 2 is 2.16 bits per heavy atom. The van der Waals surface area contributed by atoms with Crippen LogP contribution in [0.15, 0.2) is 28.9 Å². The van der Waals surface area contributed by atoms with Crippen molar-refractivity contribution in [2.75, 3.05) is 13.2 Å². The van der Waals surface area contributed by atoms with E-state index in [4.69, 9.17) is 9.47 Å². The van der Waals surface area contributed by atoms with Crippen LogP contribution in [0.1, 0.15) is 17.4 Å². The zero-order valence-corrected chi connectivity index (χ0v) is 11.9. The van der Waals surface area contributed by atoms with Crippen LogP contribution in [-0.2, 0) is 7.05 Å². The fraction of sp³-hybridized carbons (Fsp3) is 0.308. The molecule has 1 aromatic heterocycles. The number of rotatable bonds is 2. The Morgan fingerprint density at radius 1 is 1.37 bits per heavy atom. The van der Waals surface area contributed by atoms with Gasteiger partial charge < -0.3 is 14.6 Å². The van der Waals surface area contributed by atoms with Crippen molar-refractivity contribution < 1.29 is 14.6 Å². The molecule has 0 fully saturated rings. The van der Waals surface area contributed by atoms with Crippen molar-refractivity contribution in [3.05, 3.63) is 40.1 Å². The summed E-state index contributed by atoms with van der Waals surface area (Å²) in [5.41, 5.74) is 1.46. The minimum atomic E-state index is -0.750. The Balaban J connectivity index is 2.02. The predicted octanol–water partition coefficient (Wildman–Crippen LogP) is 2.04. The van der Waals surface area contributed by atoms with E-state index in [-0.39, 0.29) is 0 Å². The van der Waals surface area contributed by atoms with Crippen molar-refractivity contribution in [3.8, 4) is 11.5 Å². The normalized spacial score (nSPS) is 15.3. The van der Waals surface area contributed by atoms with E-state index in [1.165, 1.54) is 0 Å². The topological polar surface area (TPSA) is 56.5 Å². The van der Waals surface area contributed by atoms with Crippen LogP contribution in [0.3, 0.4) is 0 Å². The molecule has 1 aromatic carbocycles. The molecular weight excluding hydrogens is 312 g/mol. The van der Waals surface area contributed by atoms with Gasteiger partial charge in [0.15, 0.2) is 11.5 Å². The van der Waals surface area contributed by atoms with Gasteiger partial charge in [-0.15, -0.1) is 0 Å². The lowest BCUT2D eigenvalue weighted by Gasteiger charge is -2.21. The third-order valence-electron chi connectivity index (χ3n) is 3.07. The van der Waals surface area contributed by atoms with E-state index in [2.05, 4.69) is 21.0 Å². The van der Waals surface area contributed by atoms with Crippen LogP contribution in [0.25, 0.3) is 0 Å². The highest BCUT2D eigenvalue weighted by Gasteiger charge is 2.21. The van der Waals surface area contributed by atoms with Gasteiger partial charge in [0.05, 0.1) is 10.2 Å². The second kappa shape index (κ2) is 4.86. The number of ether oxygens (including phenoxy) is 2. The molecule has 0 bridgehead atoms. The smallest absolute Gasteiger partial charge is 0.175 e. The largest absolute Gasteiger partial charge is 0.486 e. The molecule has 1 aliphatic heterocycles. The second-order valence-electron chi connectivity index (χ2n) is 4.31. The van der Waals surface area contributed by atoms with E-state index in [1.54, 1.807) is 30.1 Å². The lowest BCUT2D eigenvalue weighted by atomic mass is 10.1. The summed E-state index contributed by atoms with van der Waals surface area (Å²) in [6.07, 6.45) is 0.908. The Kier molecular flexibility index (Phi) is 3.20. The van der Waals surface area contributed by atoms with Gasteiger partial charge in [-0.25, -0.2) is 0 Å². The molecule has 100 valence electrons. The summed E-state index contributed by atoms with van der Waals surface area (Å²) in [5, 5.41) is 14.5. The molecule has 2 heterocycles. The molecule has 0 saturated carbocycles. The first-order valence-corrected chi connectivity index (χ1v) is 6.71. The molecule has 1 N–H and O–H groups in total. The summed E-state index contributed by atoms with van der Waals surface area (Å²) < 4.78 is 13.5. The summed E-state index contributed by atoms with van der Waals surface area (Å²) in [4.78, 5) is 0. The van der Waals surface area contributed by atoms with Crippen LogP contribution in [0.4, 0.5) is 0 Å². The molecule has 1 aliphatic rings. The molecule has 0 spiro atoms. The van der Waals surface area contributed by atoms with E-state index in [0.29, 0.717) is 24.7 Å². The number of hydrogen-bond acceptors (Lipinski definition) is 4. The highest BCUT2D eigenvalue weighted by atomic mass is 79.9. The standard InChI is InChI=1S/C13H13BrN2O3/c1-16-10(2-3-15-16)12(17)8-6-9(14)13-11(7-8)18-4-5-19-13/h2-3,6-7,12,17H,4-5H2,1H3. The molecule has 6 heteroatoms. The third kappa shape index (κ3) is 2.21. The third-order valence-corrected chi connectivity index (χ3v) is 3.66. The van der Waals surface area contributed by atoms with Crippen molar-refractivity contribution in [1.29, 1.82) is 0 Å². The predicted molar refractivity (Wildman–Crippen MR) is 72.4 cm³/mol. The maximum atomic E-state index is 10.4. The van der Waals surface area contributed by atoms with Crippen LogP contribution >= 0.6 is 15.9 Å². The van der Waals surface area contributed by atoms with E-state index in [9.17, 15) is 5.11 Å². The van der Waals surface area contributed by atoms with Gasteiger partial charge >= 0.3 is 0 Å². The highest BCUT2D eigenvalue weighted by molar-refractivity contribution is 9.10. The Morgan fingerprint density at radius 3 is 2.89 bits per heavy atom. The fourth-order valence-corrected chi connectivity index (χ4v) is 2.69. The number of benzene rings is 1. The molecule has 0 aliphatic carbocycles. The summed E-state index contributed by atoms with van der Waals surface area (Å²) in [7, 11) is 1.80. The van der Waals surface area contributed by atoms with E-state index in [0.717, 1.165) is 15.7 Å². The van der Waals surface area contributed by atoms with Gasteiger partial charge in [0.2, 0.25) is 0 Å². The number of nitrogens with zero attached hydrogens (tertiary/aromatic N) is 2. The molecule has 2 aromatic rings. The quantitative estimate of drug-likeness (QED) is 0.918. The minimum absolute atomic E-state index is 0.519. The van der Waals surface area contributed by atoms with Crippen LogP contribution in [0, 0.1) is 0 Å². The first kappa shape index (κ1) is 12.5. The highest BCUT2D eigenvalue weighted by Crippen LogP contribution is 2.40. The molecule has 5 nitrogen and oxygen atoms in total. The lowest BCUT2D eigenvalue weighted by Crippen LogP contribution is -2.16. The number of fused-ring (bicyclic) bond motifs is 1. The van der Waals surface area contributed by atoms with Crippen molar-refractivity contribution in [2.24, 2.45) is 7.05 Å². The molecule has 3 rings (SSSR count). The van der Waals surface area contributed by atoms with Gasteiger partial charge in [-0.2, -0.15) is 5.10 Å². The van der Waals surface area contributed by atoms with Crippen LogP contribution in [0.5, 0.6) is 11.5 Å². The summed E-state index contributed by atoms with van der Waals surface area (Å²) in [6, 6.07) is 5.43. The van der Waals surface area contributed by atoms with Crippen molar-refractivity contribution in [2.45, 2.75) is 6.10 Å². The lowest BCUT2D eigenvalue weighted by molar-refractivity contribution is 0.168. The van der Waals surface area contributed by atoms with Crippen molar-refractivity contribution >= 4 is 15.9 Å². The SMILES string of the molecule is Cn1nccc1C(O)c1cc(Br)c2c(c1)OCCO2. The summed E-state index contributed by atoms with van der Waals surface area (Å²) >= 11 is 3.44. The maximum Gasteiger partial charge on any atom is 0.175 e. The summed E-state index contributed by atoms with van der Waals surface area (Å²) in [5.74, 6) is 1.34. The Labute approximate surface area is 118 Å². The Hall–Kier alpha value is -1.53. The maximum absolute atomic E-state index is 10.4. The minimum Gasteiger partial charge on any atom is -0.486 e. The molecule has 0 radical (unpaired) electrons. The van der Waals surface area contributed by atoms with E-state index >= 15 is 0 Å². The number of aliphatic hydroxyl groups is 1. The summed E-state index contributed by atoms with van der Waals surface area (Å²) in [6.45, 7) is 1.06. The van der Waals surface area contributed by atoms with Crippen LogP contribution in [0.2, 0.25) is 0 Å². The van der Waals surface area contributed by atoms with E-state index in [1.807, 2.05) is 6.07 Å². The first-order chi connectivity index (χ1) is 9.16. The van der Waals surface area contributed by atoms with Crippen molar-refractivity contribution in [1.82, 2.24) is 9.78 Å². The molecule has 1 unspecified atom stereocenters. The molecule has 19 heavy (non-hydrogen) atoms. The van der Waals surface area contributed by atoms with Crippen LogP contribution < -0.4 is 9.47 Å². The molecule has 0 amide bonds. The van der Waals surface area contributed by atoms with Gasteiger partial charge in [-0.3, -0.25) is 4.68 Å². The zero-order valence-electron chi connectivity index (χ0n) is 10.3. The first-order valence-electron chi connectivity index (χ1n) is 5.92. The number of aromatic nitrogens is 2. The van der Waals surface area contributed by atoms with Gasteiger partial charge in [0, 0.05) is 13.2 Å². The van der Waals surface area contributed by atoms with Gasteiger partial charge in [0.25, 0.3) is 0 Å². The van der Waals surface area contributed by atoms with E-state index < -0.39 is 6.10 Å². The second-order valence-corrected chi connectivity index (χ2v) is 5.16. The van der Waals surface area contributed by atoms with Crippen LogP contribution in [-0.4, -0.2) is 28.1 Å². The van der Waals surface area contributed by atoms with Gasteiger partial charge in [-0.05, 0) is 39.7 Å². The van der Waals surface area contributed by atoms with Gasteiger partial charge in [0.1, 0.15) is 19.3 Å². The number of halogens is 1. The number of aliphatic hydroxyl groups excluding tert-OH is 1. The van der Waals surface area contributed by atoms with Crippen molar-refractivity contribution in [3.63, 3.8) is 0 Å². The monoisotopic (exact) mass is 324 g/mol. The fourth-order valence-electron chi connectivity index (χ4n) is 2.11. The average Bonchev–Trinajstić information content (AvgIpc) is 2.84. The molecule has 0 saturated heterocycles. The molecular formula is C13H13BrN2O3. The zero-order chi connectivity index (χ0) is 13.4. The Bertz CT molecular complexity index is 612. The average molecular weight is 325 g/mol.